The average Bonchev–Trinajstić information content (AvgIpc) is 3.08. The first-order chi connectivity index (χ1) is 14.1. The highest BCUT2D eigenvalue weighted by Gasteiger charge is 2.21. The Morgan fingerprint density at radius 2 is 1.63 bits per heavy atom. The van der Waals surface area contributed by atoms with E-state index < -0.39 is 5.97 Å². The molecule has 1 heterocycles. The number of rotatable bonds is 5. The number of nitrogens with one attached hydrogen (secondary N) is 3. The van der Waals surface area contributed by atoms with Crippen LogP contribution < -0.4 is 10.6 Å². The molecule has 0 radical (unpaired) electrons. The Labute approximate surface area is 180 Å². The van der Waals surface area contributed by atoms with E-state index in [1.165, 1.54) is 0 Å². The summed E-state index contributed by atoms with van der Waals surface area (Å²) in [6, 6.07) is 15.6. The molecule has 0 fully saturated rings. The van der Waals surface area contributed by atoms with Crippen molar-refractivity contribution in [2.75, 3.05) is 10.6 Å². The van der Waals surface area contributed by atoms with Crippen LogP contribution in [0, 0.1) is 0 Å². The first kappa shape index (κ1) is 21.5. The molecule has 0 aliphatic carbocycles. The molecule has 4 N–H and O–H groups in total. The first-order valence-corrected chi connectivity index (χ1v) is 9.88. The number of benzene rings is 2. The molecule has 156 valence electrons. The highest BCUT2D eigenvalue weighted by Crippen LogP contribution is 2.33. The molecule has 0 aliphatic heterocycles. The van der Waals surface area contributed by atoms with Crippen molar-refractivity contribution in [3.8, 4) is 11.3 Å². The number of halogens is 1. The molecule has 2 amide bonds. The van der Waals surface area contributed by atoms with Crippen LogP contribution in [0.5, 0.6) is 0 Å². The summed E-state index contributed by atoms with van der Waals surface area (Å²) in [5.74, 6) is -0.876. The van der Waals surface area contributed by atoms with E-state index >= 15 is 0 Å². The van der Waals surface area contributed by atoms with Gasteiger partial charge in [0.2, 0.25) is 0 Å². The van der Waals surface area contributed by atoms with Gasteiger partial charge in [0.25, 0.3) is 0 Å². The van der Waals surface area contributed by atoms with E-state index in [2.05, 4.69) is 36.4 Å². The maximum absolute atomic E-state index is 12.6. The van der Waals surface area contributed by atoms with Gasteiger partial charge in [-0.05, 0) is 35.9 Å². The molecule has 0 unspecified atom stereocenters. The Morgan fingerprint density at radius 3 is 2.20 bits per heavy atom. The number of hydrogen-bond donors (Lipinski definition) is 4. The minimum absolute atomic E-state index is 0.0349. The number of carbonyl (C=O) groups excluding carboxylic acids is 1. The van der Waals surface area contributed by atoms with Crippen LogP contribution in [0.15, 0.2) is 54.6 Å². The van der Waals surface area contributed by atoms with E-state index in [4.69, 9.17) is 16.7 Å². The predicted molar refractivity (Wildman–Crippen MR) is 120 cm³/mol. The van der Waals surface area contributed by atoms with Crippen LogP contribution in [0.4, 0.5) is 16.2 Å². The van der Waals surface area contributed by atoms with Crippen molar-refractivity contribution < 1.29 is 14.7 Å². The Hall–Kier alpha value is -3.25. The zero-order valence-corrected chi connectivity index (χ0v) is 17.8. The summed E-state index contributed by atoms with van der Waals surface area (Å²) in [6.45, 7) is 6.24. The summed E-state index contributed by atoms with van der Waals surface area (Å²) >= 11 is 5.89. The van der Waals surface area contributed by atoms with E-state index in [1.54, 1.807) is 36.4 Å². The topological polar surface area (TPSA) is 94.2 Å². The van der Waals surface area contributed by atoms with Gasteiger partial charge in [0.05, 0.1) is 17.8 Å². The van der Waals surface area contributed by atoms with Crippen LogP contribution in [-0.4, -0.2) is 22.1 Å². The lowest BCUT2D eigenvalue weighted by molar-refractivity contribution is -0.136. The summed E-state index contributed by atoms with van der Waals surface area (Å²) in [4.78, 5) is 26.9. The molecule has 0 aliphatic rings. The molecule has 7 heteroatoms. The largest absolute Gasteiger partial charge is 0.481 e. The maximum atomic E-state index is 12.6. The average molecular weight is 426 g/mol. The van der Waals surface area contributed by atoms with Gasteiger partial charge in [0.15, 0.2) is 0 Å². The van der Waals surface area contributed by atoms with Crippen molar-refractivity contribution >= 4 is 35.0 Å². The third kappa shape index (κ3) is 5.42. The fourth-order valence-electron chi connectivity index (χ4n) is 2.97. The van der Waals surface area contributed by atoms with Gasteiger partial charge in [-0.1, -0.05) is 56.6 Å². The second kappa shape index (κ2) is 8.63. The van der Waals surface area contributed by atoms with Gasteiger partial charge < -0.3 is 20.7 Å². The van der Waals surface area contributed by atoms with E-state index in [1.807, 2.05) is 18.2 Å². The van der Waals surface area contributed by atoms with Gasteiger partial charge >= 0.3 is 12.0 Å². The Kier molecular flexibility index (Phi) is 6.17. The molecule has 3 rings (SSSR count). The lowest BCUT2D eigenvalue weighted by atomic mass is 9.92. The van der Waals surface area contributed by atoms with Crippen LogP contribution in [0.25, 0.3) is 11.3 Å². The summed E-state index contributed by atoms with van der Waals surface area (Å²) < 4.78 is 0. The van der Waals surface area contributed by atoms with Crippen LogP contribution in [0.2, 0.25) is 5.02 Å². The quantitative estimate of drug-likeness (QED) is 0.409. The number of aromatic nitrogens is 1. The monoisotopic (exact) mass is 425 g/mol. The van der Waals surface area contributed by atoms with Gasteiger partial charge in [-0.25, -0.2) is 4.79 Å². The van der Waals surface area contributed by atoms with E-state index in [0.717, 1.165) is 17.0 Å². The van der Waals surface area contributed by atoms with Gasteiger partial charge in [-0.2, -0.15) is 0 Å². The van der Waals surface area contributed by atoms with Crippen LogP contribution in [0.3, 0.4) is 0 Å². The van der Waals surface area contributed by atoms with Crippen molar-refractivity contribution in [1.82, 2.24) is 4.98 Å². The molecule has 0 atom stereocenters. The minimum Gasteiger partial charge on any atom is -0.481 e. The van der Waals surface area contributed by atoms with Crippen LogP contribution >= 0.6 is 11.6 Å². The fourth-order valence-corrected chi connectivity index (χ4v) is 3.09. The van der Waals surface area contributed by atoms with E-state index in [9.17, 15) is 9.59 Å². The third-order valence-electron chi connectivity index (χ3n) is 4.57. The zero-order chi connectivity index (χ0) is 21.9. The van der Waals surface area contributed by atoms with Crippen LogP contribution in [0.1, 0.15) is 32.0 Å². The summed E-state index contributed by atoms with van der Waals surface area (Å²) in [5.41, 5.74) is 4.40. The van der Waals surface area contributed by atoms with E-state index in [-0.39, 0.29) is 17.9 Å². The Morgan fingerprint density at radius 1 is 1.00 bits per heavy atom. The van der Waals surface area contributed by atoms with Gasteiger partial charge in [-0.15, -0.1) is 0 Å². The van der Waals surface area contributed by atoms with Crippen LogP contribution in [-0.2, 0) is 16.6 Å². The molecule has 0 saturated heterocycles. The Balaban J connectivity index is 1.87. The third-order valence-corrected chi connectivity index (χ3v) is 4.83. The normalized spacial score (nSPS) is 11.2. The second-order valence-corrected chi connectivity index (χ2v) is 8.51. The minimum atomic E-state index is -0.876. The number of anilines is 2. The molecule has 30 heavy (non-hydrogen) atoms. The summed E-state index contributed by atoms with van der Waals surface area (Å²) in [7, 11) is 0. The van der Waals surface area contributed by atoms with E-state index in [0.29, 0.717) is 22.0 Å². The van der Waals surface area contributed by atoms with Crippen molar-refractivity contribution in [2.24, 2.45) is 0 Å². The number of aliphatic carboxylic acids is 1. The predicted octanol–water partition coefficient (Wildman–Crippen LogP) is 5.90. The number of carbonyl (C=O) groups is 2. The van der Waals surface area contributed by atoms with Crippen molar-refractivity contribution in [3.05, 3.63) is 70.9 Å². The molecule has 0 spiro atoms. The molecule has 3 aromatic rings. The van der Waals surface area contributed by atoms with Gasteiger partial charge in [0, 0.05) is 27.4 Å². The number of carboxylic acids is 1. The number of aromatic amines is 1. The van der Waals surface area contributed by atoms with Gasteiger partial charge in [0.1, 0.15) is 0 Å². The van der Waals surface area contributed by atoms with Crippen molar-refractivity contribution in [3.63, 3.8) is 0 Å². The number of amides is 2. The smallest absolute Gasteiger partial charge is 0.323 e. The molecular formula is C23H24ClN3O3. The lowest BCUT2D eigenvalue weighted by Gasteiger charge is -2.16. The van der Waals surface area contributed by atoms with Crippen molar-refractivity contribution in [2.45, 2.75) is 32.6 Å². The Bertz CT molecular complexity index is 1050. The molecule has 0 bridgehead atoms. The SMILES string of the molecule is CC(C)(C)c1cc(NC(=O)Nc2ccc(Cl)cc2)c(-c2ccc(CC(=O)O)cc2)[nH]1. The lowest BCUT2D eigenvalue weighted by Crippen LogP contribution is -2.19. The van der Waals surface area contributed by atoms with Crippen molar-refractivity contribution in [1.29, 1.82) is 0 Å². The summed E-state index contributed by atoms with van der Waals surface area (Å²) in [6.07, 6.45) is -0.0349. The maximum Gasteiger partial charge on any atom is 0.323 e. The zero-order valence-electron chi connectivity index (χ0n) is 17.0. The van der Waals surface area contributed by atoms with Gasteiger partial charge in [-0.3, -0.25) is 4.79 Å². The standard InChI is InChI=1S/C23H24ClN3O3/c1-23(2,3)19-13-18(26-22(30)25-17-10-8-16(24)9-11-17)21(27-19)15-6-4-14(5-7-15)12-20(28)29/h4-11,13,27H,12H2,1-3H3,(H,28,29)(H2,25,26,30). The molecule has 6 nitrogen and oxygen atoms in total. The second-order valence-electron chi connectivity index (χ2n) is 8.08. The fraction of sp³-hybridized carbons (Fsp3) is 0.217. The molecule has 2 aromatic carbocycles. The number of urea groups is 1. The number of hydrogen-bond acceptors (Lipinski definition) is 2. The molecule has 1 aromatic heterocycles. The first-order valence-electron chi connectivity index (χ1n) is 9.50. The number of H-pyrrole nitrogens is 1. The summed E-state index contributed by atoms with van der Waals surface area (Å²) in [5, 5.41) is 15.2. The molecular weight excluding hydrogens is 402 g/mol. The number of carboxylic acid groups (broad SMARTS) is 1. The highest BCUT2D eigenvalue weighted by molar-refractivity contribution is 6.30. The molecule has 0 saturated carbocycles. The highest BCUT2D eigenvalue weighted by atomic mass is 35.5.